The maximum Gasteiger partial charge on any atom is -0.0233 e. The van der Waals surface area contributed by atoms with Gasteiger partial charge in [0.15, 0.2) is 0 Å². The molecular weight excluding hydrogens is 180 g/mol. The third-order valence-corrected chi connectivity index (χ3v) is 2.97. The van der Waals surface area contributed by atoms with E-state index >= 15 is 0 Å². The minimum atomic E-state index is 1.19. The molecule has 0 heterocycles. The summed E-state index contributed by atoms with van der Waals surface area (Å²) < 4.78 is 0. The lowest BCUT2D eigenvalue weighted by molar-refractivity contribution is 0.777. The van der Waals surface area contributed by atoms with Crippen LogP contribution in [0.1, 0.15) is 56.2 Å². The predicted molar refractivity (Wildman–Crippen MR) is 68.1 cm³/mol. The van der Waals surface area contributed by atoms with Gasteiger partial charge < -0.3 is 0 Å². The second-order valence-corrected chi connectivity index (χ2v) is 4.26. The van der Waals surface area contributed by atoms with E-state index in [-0.39, 0.29) is 0 Å². The normalized spacial score (nSPS) is 10.6. The highest BCUT2D eigenvalue weighted by molar-refractivity contribution is 5.37. The van der Waals surface area contributed by atoms with Crippen molar-refractivity contribution >= 4 is 0 Å². The Morgan fingerprint density at radius 2 is 1.40 bits per heavy atom. The van der Waals surface area contributed by atoms with E-state index in [1.54, 1.807) is 0 Å². The maximum atomic E-state index is 4.23. The van der Waals surface area contributed by atoms with Crippen molar-refractivity contribution in [1.29, 1.82) is 0 Å². The Kier molecular flexibility index (Phi) is 5.45. The zero-order valence-corrected chi connectivity index (χ0v) is 10.2. The molecule has 1 aromatic carbocycles. The monoisotopic (exact) mass is 203 g/mol. The molecule has 0 aliphatic rings. The van der Waals surface area contributed by atoms with Crippen molar-refractivity contribution in [3.8, 4) is 0 Å². The summed E-state index contributed by atoms with van der Waals surface area (Å²) in [6.45, 7) is 8.71. The first-order valence-electron chi connectivity index (χ1n) is 6.22. The van der Waals surface area contributed by atoms with Gasteiger partial charge in [0.2, 0.25) is 0 Å². The molecule has 1 aromatic rings. The molecule has 0 spiro atoms. The van der Waals surface area contributed by atoms with Gasteiger partial charge in [0, 0.05) is 0 Å². The van der Waals surface area contributed by atoms with Crippen molar-refractivity contribution in [3.05, 3.63) is 41.8 Å². The summed E-state index contributed by atoms with van der Waals surface area (Å²) in [5.41, 5.74) is 4.19. The zero-order valence-electron chi connectivity index (χ0n) is 10.2. The molecule has 0 saturated carbocycles. The molecule has 0 nitrogen and oxygen atoms in total. The molecule has 0 amide bonds. The van der Waals surface area contributed by atoms with Crippen LogP contribution in [0, 0.1) is 6.92 Å². The van der Waals surface area contributed by atoms with E-state index in [1.807, 2.05) is 0 Å². The molecule has 0 fully saturated rings. The van der Waals surface area contributed by atoms with E-state index < -0.39 is 0 Å². The van der Waals surface area contributed by atoms with E-state index in [2.05, 4.69) is 39.0 Å². The smallest absolute Gasteiger partial charge is 0.0233 e. The number of aryl methyl sites for hydroxylation is 2. The summed E-state index contributed by atoms with van der Waals surface area (Å²) in [6.07, 6.45) is 7.46. The third kappa shape index (κ3) is 3.70. The number of hydrogen-bond acceptors (Lipinski definition) is 0. The van der Waals surface area contributed by atoms with Gasteiger partial charge in [-0.15, -0.1) is 0 Å². The molecule has 0 aliphatic heterocycles. The average molecular weight is 203 g/mol. The highest BCUT2D eigenvalue weighted by Gasteiger charge is 2.02. The number of hydrogen-bond donors (Lipinski definition) is 0. The van der Waals surface area contributed by atoms with Gasteiger partial charge >= 0.3 is 0 Å². The van der Waals surface area contributed by atoms with E-state index in [9.17, 15) is 0 Å². The summed E-state index contributed by atoms with van der Waals surface area (Å²) in [4.78, 5) is 0. The highest BCUT2D eigenvalue weighted by atomic mass is 14.1. The van der Waals surface area contributed by atoms with Crippen LogP contribution >= 0.6 is 0 Å². The first-order chi connectivity index (χ1) is 7.29. The lowest BCUT2D eigenvalue weighted by Gasteiger charge is -2.10. The van der Waals surface area contributed by atoms with Crippen LogP contribution in [0.25, 0.3) is 0 Å². The minimum absolute atomic E-state index is 1.19. The topological polar surface area (TPSA) is 0 Å². The molecule has 0 bridgehead atoms. The van der Waals surface area contributed by atoms with Crippen LogP contribution in [-0.2, 0) is 12.8 Å². The van der Waals surface area contributed by atoms with Crippen molar-refractivity contribution in [3.63, 3.8) is 0 Å². The Balaban J connectivity index is 2.71. The fourth-order valence-electron chi connectivity index (χ4n) is 1.89. The van der Waals surface area contributed by atoms with Crippen molar-refractivity contribution < 1.29 is 0 Å². The van der Waals surface area contributed by atoms with Gasteiger partial charge in [-0.25, -0.2) is 0 Å². The molecule has 0 heteroatoms. The van der Waals surface area contributed by atoms with Crippen molar-refractivity contribution in [2.45, 2.75) is 52.4 Å². The number of rotatable bonds is 6. The first-order valence-corrected chi connectivity index (χ1v) is 6.22. The molecule has 0 aliphatic carbocycles. The lowest BCUT2D eigenvalue weighted by atomic mass is 9.95. The van der Waals surface area contributed by atoms with Crippen LogP contribution in [0.15, 0.2) is 18.2 Å². The van der Waals surface area contributed by atoms with E-state index in [1.165, 1.54) is 55.2 Å². The SMILES string of the molecule is [CH2]c1c(CCCC)cccc1CCCC. The molecule has 0 N–H and O–H groups in total. The van der Waals surface area contributed by atoms with Crippen LogP contribution in [-0.4, -0.2) is 0 Å². The molecule has 15 heavy (non-hydrogen) atoms. The molecule has 83 valence electrons. The van der Waals surface area contributed by atoms with Gasteiger partial charge in [-0.1, -0.05) is 44.9 Å². The van der Waals surface area contributed by atoms with Gasteiger partial charge in [0.1, 0.15) is 0 Å². The van der Waals surface area contributed by atoms with E-state index in [0.29, 0.717) is 0 Å². The maximum absolute atomic E-state index is 4.23. The molecule has 1 rings (SSSR count). The molecular formula is C15H23. The quantitative estimate of drug-likeness (QED) is 0.636. The van der Waals surface area contributed by atoms with Gasteiger partial charge in [-0.3, -0.25) is 0 Å². The largest absolute Gasteiger partial charge is 0.0654 e. The van der Waals surface area contributed by atoms with Crippen LogP contribution < -0.4 is 0 Å². The van der Waals surface area contributed by atoms with Gasteiger partial charge in [0.25, 0.3) is 0 Å². The van der Waals surface area contributed by atoms with Crippen LogP contribution in [0.3, 0.4) is 0 Å². The van der Waals surface area contributed by atoms with Gasteiger partial charge in [-0.05, 0) is 49.3 Å². The third-order valence-electron chi connectivity index (χ3n) is 2.97. The Labute approximate surface area is 94.7 Å². The van der Waals surface area contributed by atoms with Crippen molar-refractivity contribution in [2.24, 2.45) is 0 Å². The number of unbranched alkanes of at least 4 members (excludes halogenated alkanes) is 2. The highest BCUT2D eigenvalue weighted by Crippen LogP contribution is 2.17. The van der Waals surface area contributed by atoms with E-state index in [4.69, 9.17) is 0 Å². The summed E-state index contributed by atoms with van der Waals surface area (Å²) in [5, 5.41) is 0. The zero-order chi connectivity index (χ0) is 11.1. The number of benzene rings is 1. The lowest BCUT2D eigenvalue weighted by Crippen LogP contribution is -1.96. The van der Waals surface area contributed by atoms with E-state index in [0.717, 1.165) is 0 Å². The van der Waals surface area contributed by atoms with Gasteiger partial charge in [0.05, 0.1) is 0 Å². The standard InChI is InChI=1S/C15H23/c1-4-6-9-14-11-8-12-15(13(14)3)10-7-5-2/h8,11-12H,3-7,9-10H2,1-2H3. The van der Waals surface area contributed by atoms with Crippen LogP contribution in [0.2, 0.25) is 0 Å². The Bertz CT molecular complexity index is 260. The minimum Gasteiger partial charge on any atom is -0.0654 e. The molecule has 1 radical (unpaired) electrons. The van der Waals surface area contributed by atoms with Crippen LogP contribution in [0.4, 0.5) is 0 Å². The Morgan fingerprint density at radius 3 is 1.80 bits per heavy atom. The predicted octanol–water partition coefficient (Wildman–Crippen LogP) is 4.55. The second-order valence-electron chi connectivity index (χ2n) is 4.26. The average Bonchev–Trinajstić information content (AvgIpc) is 2.26. The summed E-state index contributed by atoms with van der Waals surface area (Å²) in [6, 6.07) is 6.64. The summed E-state index contributed by atoms with van der Waals surface area (Å²) >= 11 is 0. The molecule has 0 aromatic heterocycles. The molecule has 0 unspecified atom stereocenters. The fourth-order valence-corrected chi connectivity index (χ4v) is 1.89. The van der Waals surface area contributed by atoms with Crippen LogP contribution in [0.5, 0.6) is 0 Å². The Hall–Kier alpha value is -0.780. The fraction of sp³-hybridized carbons (Fsp3) is 0.533. The van der Waals surface area contributed by atoms with Crippen molar-refractivity contribution in [2.75, 3.05) is 0 Å². The first kappa shape index (κ1) is 12.3. The molecule has 0 saturated heterocycles. The van der Waals surface area contributed by atoms with Gasteiger partial charge in [-0.2, -0.15) is 0 Å². The summed E-state index contributed by atoms with van der Waals surface area (Å²) in [7, 11) is 0. The second kappa shape index (κ2) is 6.66. The van der Waals surface area contributed by atoms with Crippen molar-refractivity contribution in [1.82, 2.24) is 0 Å². The summed E-state index contributed by atoms with van der Waals surface area (Å²) in [5.74, 6) is 0. The molecule has 0 atom stereocenters. The Morgan fingerprint density at radius 1 is 0.933 bits per heavy atom.